The van der Waals surface area contributed by atoms with Crippen molar-refractivity contribution in [3.63, 3.8) is 0 Å². The smallest absolute Gasteiger partial charge is 0.0995 e. The molecule has 0 aromatic carbocycles. The molecule has 0 aromatic rings. The molecular formula is C15H31N3O. The first-order valence-corrected chi connectivity index (χ1v) is 7.77. The lowest BCUT2D eigenvalue weighted by molar-refractivity contribution is -0.0314. The van der Waals surface area contributed by atoms with E-state index in [0.29, 0.717) is 6.10 Å². The zero-order chi connectivity index (χ0) is 13.8. The van der Waals surface area contributed by atoms with Gasteiger partial charge in [-0.15, -0.1) is 0 Å². The van der Waals surface area contributed by atoms with Gasteiger partial charge < -0.3 is 14.5 Å². The molecule has 19 heavy (non-hydrogen) atoms. The average Bonchev–Trinajstić information content (AvgIpc) is 2.69. The molecule has 0 saturated carbocycles. The Hall–Kier alpha value is -0.160. The van der Waals surface area contributed by atoms with E-state index >= 15 is 0 Å². The van der Waals surface area contributed by atoms with Gasteiger partial charge in [0, 0.05) is 38.8 Å². The van der Waals surface area contributed by atoms with Crippen molar-refractivity contribution in [2.45, 2.75) is 38.8 Å². The maximum Gasteiger partial charge on any atom is 0.0995 e. The average molecular weight is 269 g/mol. The lowest BCUT2D eigenvalue weighted by Gasteiger charge is -2.32. The number of hydrogen-bond donors (Lipinski definition) is 0. The summed E-state index contributed by atoms with van der Waals surface area (Å²) in [6.45, 7) is 11.2. The minimum Gasteiger partial charge on any atom is -0.361 e. The molecule has 2 aliphatic rings. The van der Waals surface area contributed by atoms with Gasteiger partial charge in [0.25, 0.3) is 0 Å². The molecule has 4 heteroatoms. The van der Waals surface area contributed by atoms with E-state index in [1.807, 2.05) is 0 Å². The van der Waals surface area contributed by atoms with Crippen LogP contribution in [0.5, 0.6) is 0 Å². The molecular weight excluding hydrogens is 238 g/mol. The molecule has 2 fully saturated rings. The number of piperazine rings is 1. The lowest BCUT2D eigenvalue weighted by atomic mass is 10.0. The third-order valence-electron chi connectivity index (χ3n) is 4.48. The van der Waals surface area contributed by atoms with Crippen LogP contribution in [-0.2, 0) is 4.74 Å². The van der Waals surface area contributed by atoms with Gasteiger partial charge in [-0.05, 0) is 32.9 Å². The highest BCUT2D eigenvalue weighted by Gasteiger charge is 2.30. The van der Waals surface area contributed by atoms with Gasteiger partial charge in [-0.1, -0.05) is 13.8 Å². The largest absolute Gasteiger partial charge is 0.361 e. The molecule has 0 aliphatic carbocycles. The molecule has 112 valence electrons. The summed E-state index contributed by atoms with van der Waals surface area (Å²) in [5.41, 5.74) is 0. The van der Waals surface area contributed by atoms with E-state index in [4.69, 9.17) is 4.74 Å². The van der Waals surface area contributed by atoms with Crippen LogP contribution >= 0.6 is 0 Å². The van der Waals surface area contributed by atoms with Gasteiger partial charge in [-0.3, -0.25) is 4.90 Å². The standard InChI is InChI=1S/C15H31N3O/c1-13(2)9-14-10-15(11-17(14)4)19-12-18-7-5-16(3)6-8-18/h13-15H,5-12H2,1-4H3. The number of hydrogen-bond acceptors (Lipinski definition) is 4. The minimum absolute atomic E-state index is 0.438. The topological polar surface area (TPSA) is 19.0 Å². The van der Waals surface area contributed by atoms with Crippen molar-refractivity contribution in [1.82, 2.24) is 14.7 Å². The molecule has 4 nitrogen and oxygen atoms in total. The number of nitrogens with zero attached hydrogens (tertiary/aromatic N) is 3. The molecule has 0 N–H and O–H groups in total. The summed E-state index contributed by atoms with van der Waals surface area (Å²) in [4.78, 5) is 7.31. The van der Waals surface area contributed by atoms with Crippen LogP contribution in [0, 0.1) is 5.92 Å². The van der Waals surface area contributed by atoms with Gasteiger partial charge in [-0.25, -0.2) is 0 Å². The number of ether oxygens (including phenoxy) is 1. The van der Waals surface area contributed by atoms with E-state index in [0.717, 1.165) is 38.3 Å². The first-order chi connectivity index (χ1) is 9.04. The Kier molecular flexibility index (Phi) is 5.63. The predicted octanol–water partition coefficient (Wildman–Crippen LogP) is 1.33. The Balaban J connectivity index is 1.67. The van der Waals surface area contributed by atoms with Gasteiger partial charge in [0.1, 0.15) is 0 Å². The minimum atomic E-state index is 0.438. The number of likely N-dealkylation sites (tertiary alicyclic amines) is 1. The summed E-state index contributed by atoms with van der Waals surface area (Å²) in [6, 6.07) is 0.720. The van der Waals surface area contributed by atoms with Crippen molar-refractivity contribution in [2.24, 2.45) is 5.92 Å². The van der Waals surface area contributed by atoms with Crippen molar-refractivity contribution < 1.29 is 4.74 Å². The Morgan fingerprint density at radius 1 is 1.11 bits per heavy atom. The third kappa shape index (κ3) is 4.71. The highest BCUT2D eigenvalue weighted by molar-refractivity contribution is 4.84. The summed E-state index contributed by atoms with van der Waals surface area (Å²) in [6.07, 6.45) is 2.95. The highest BCUT2D eigenvalue weighted by Crippen LogP contribution is 2.24. The molecule has 2 atom stereocenters. The SMILES string of the molecule is CC(C)CC1CC(OCN2CCN(C)CC2)CN1C. The summed E-state index contributed by atoms with van der Waals surface area (Å²) < 4.78 is 6.13. The summed E-state index contributed by atoms with van der Waals surface area (Å²) in [5.74, 6) is 0.781. The van der Waals surface area contributed by atoms with Gasteiger partial charge in [0.15, 0.2) is 0 Å². The fraction of sp³-hybridized carbons (Fsp3) is 1.00. The van der Waals surface area contributed by atoms with E-state index in [9.17, 15) is 0 Å². The van der Waals surface area contributed by atoms with Gasteiger partial charge in [-0.2, -0.15) is 0 Å². The zero-order valence-corrected chi connectivity index (χ0v) is 13.1. The maximum atomic E-state index is 6.13. The third-order valence-corrected chi connectivity index (χ3v) is 4.48. The van der Waals surface area contributed by atoms with Crippen LogP contribution in [0.25, 0.3) is 0 Å². The summed E-state index contributed by atoms with van der Waals surface area (Å²) >= 11 is 0. The first-order valence-electron chi connectivity index (χ1n) is 7.77. The Morgan fingerprint density at radius 3 is 2.42 bits per heavy atom. The Bertz CT molecular complexity index is 264. The number of rotatable bonds is 5. The second-order valence-corrected chi connectivity index (χ2v) is 6.80. The first kappa shape index (κ1) is 15.2. The van der Waals surface area contributed by atoms with E-state index in [-0.39, 0.29) is 0 Å². The molecule has 0 radical (unpaired) electrons. The normalized spacial score (nSPS) is 31.4. The van der Waals surface area contributed by atoms with E-state index in [1.165, 1.54) is 25.9 Å². The second-order valence-electron chi connectivity index (χ2n) is 6.80. The van der Waals surface area contributed by atoms with E-state index in [2.05, 4.69) is 42.6 Å². The molecule has 2 aliphatic heterocycles. The molecule has 0 aromatic heterocycles. The quantitative estimate of drug-likeness (QED) is 0.749. The van der Waals surface area contributed by atoms with Gasteiger partial charge in [0.05, 0.1) is 12.8 Å². The Labute approximate surface area is 118 Å². The molecule has 2 heterocycles. The molecule has 0 spiro atoms. The van der Waals surface area contributed by atoms with E-state index < -0.39 is 0 Å². The van der Waals surface area contributed by atoms with Crippen molar-refractivity contribution >= 4 is 0 Å². The highest BCUT2D eigenvalue weighted by atomic mass is 16.5. The molecule has 0 amide bonds. The van der Waals surface area contributed by atoms with Crippen LogP contribution in [0.3, 0.4) is 0 Å². The van der Waals surface area contributed by atoms with Crippen LogP contribution in [0.15, 0.2) is 0 Å². The van der Waals surface area contributed by atoms with Crippen molar-refractivity contribution in [2.75, 3.05) is 53.5 Å². The molecule has 2 rings (SSSR count). The second kappa shape index (κ2) is 7.02. The zero-order valence-electron chi connectivity index (χ0n) is 13.1. The number of likely N-dealkylation sites (N-methyl/N-ethyl adjacent to an activating group) is 2. The van der Waals surface area contributed by atoms with Gasteiger partial charge in [0.2, 0.25) is 0 Å². The lowest BCUT2D eigenvalue weighted by Crippen LogP contribution is -2.45. The van der Waals surface area contributed by atoms with Crippen LogP contribution in [0.4, 0.5) is 0 Å². The summed E-state index contributed by atoms with van der Waals surface area (Å²) in [7, 11) is 4.44. The molecule has 0 bridgehead atoms. The van der Waals surface area contributed by atoms with Crippen LogP contribution in [0.2, 0.25) is 0 Å². The van der Waals surface area contributed by atoms with Gasteiger partial charge >= 0.3 is 0 Å². The summed E-state index contributed by atoms with van der Waals surface area (Å²) in [5, 5.41) is 0. The predicted molar refractivity (Wildman–Crippen MR) is 79.3 cm³/mol. The Morgan fingerprint density at radius 2 is 1.79 bits per heavy atom. The fourth-order valence-electron chi connectivity index (χ4n) is 3.16. The van der Waals surface area contributed by atoms with Crippen molar-refractivity contribution in [1.29, 1.82) is 0 Å². The fourth-order valence-corrected chi connectivity index (χ4v) is 3.16. The van der Waals surface area contributed by atoms with Crippen LogP contribution in [0.1, 0.15) is 26.7 Å². The van der Waals surface area contributed by atoms with E-state index in [1.54, 1.807) is 0 Å². The maximum absolute atomic E-state index is 6.13. The monoisotopic (exact) mass is 269 g/mol. The van der Waals surface area contributed by atoms with Crippen molar-refractivity contribution in [3.8, 4) is 0 Å². The molecule has 2 unspecified atom stereocenters. The van der Waals surface area contributed by atoms with Crippen LogP contribution < -0.4 is 0 Å². The van der Waals surface area contributed by atoms with Crippen molar-refractivity contribution in [3.05, 3.63) is 0 Å². The van der Waals surface area contributed by atoms with Crippen LogP contribution in [-0.4, -0.2) is 80.4 Å². The molecule has 2 saturated heterocycles.